The number of nitrogens with one attached hydrogen (secondary N) is 1. The number of non-ortho nitro benzene ring substituents is 1. The van der Waals surface area contributed by atoms with Crippen molar-refractivity contribution < 1.29 is 9.72 Å². The van der Waals surface area contributed by atoms with Crippen LogP contribution in [0.25, 0.3) is 5.69 Å². The molecule has 3 rings (SSSR count). The van der Waals surface area contributed by atoms with Crippen LogP contribution in [0.5, 0.6) is 0 Å². The Morgan fingerprint density at radius 2 is 2.04 bits per heavy atom. The second-order valence-electron chi connectivity index (χ2n) is 5.32. The molecule has 0 fully saturated rings. The molecule has 1 N–H and O–H groups in total. The summed E-state index contributed by atoms with van der Waals surface area (Å²) >= 11 is 1.41. The van der Waals surface area contributed by atoms with Crippen LogP contribution in [-0.2, 0) is 10.5 Å². The largest absolute Gasteiger partial charge is 0.326 e. The number of nitro groups is 1. The van der Waals surface area contributed by atoms with Crippen molar-refractivity contribution in [2.75, 3.05) is 5.32 Å². The van der Waals surface area contributed by atoms with Gasteiger partial charge in [0.05, 0.1) is 10.6 Å². The number of carbonyl (C=O) groups is 1. The molecule has 0 spiro atoms. The predicted molar refractivity (Wildman–Crippen MR) is 96.1 cm³/mol. The first-order valence-corrected chi connectivity index (χ1v) is 8.54. The van der Waals surface area contributed by atoms with E-state index in [0.717, 1.165) is 5.56 Å². The summed E-state index contributed by atoms with van der Waals surface area (Å²) in [5.74, 6) is 0.399. The van der Waals surface area contributed by atoms with Gasteiger partial charge in [0, 0.05) is 30.5 Å². The molecule has 0 aliphatic rings. The van der Waals surface area contributed by atoms with E-state index in [0.29, 0.717) is 22.3 Å². The number of carbonyl (C=O) groups excluding carboxylic acids is 1. The summed E-state index contributed by atoms with van der Waals surface area (Å²) in [6, 6.07) is 13.5. The van der Waals surface area contributed by atoms with Gasteiger partial charge in [0.2, 0.25) is 11.1 Å². The summed E-state index contributed by atoms with van der Waals surface area (Å²) in [5, 5.41) is 25.7. The van der Waals surface area contributed by atoms with Gasteiger partial charge in [-0.25, -0.2) is 0 Å². The second kappa shape index (κ2) is 7.74. The van der Waals surface area contributed by atoms with Gasteiger partial charge in [0.1, 0.15) is 0 Å². The van der Waals surface area contributed by atoms with Gasteiger partial charge in [-0.05, 0) is 34.2 Å². The van der Waals surface area contributed by atoms with Crippen molar-refractivity contribution in [3.63, 3.8) is 0 Å². The maximum absolute atomic E-state index is 11.2. The molecule has 0 radical (unpaired) electrons. The number of aromatic nitrogens is 4. The van der Waals surface area contributed by atoms with Gasteiger partial charge in [-0.3, -0.25) is 14.9 Å². The fourth-order valence-electron chi connectivity index (χ4n) is 2.21. The highest BCUT2D eigenvalue weighted by Crippen LogP contribution is 2.24. The van der Waals surface area contributed by atoms with Crippen LogP contribution >= 0.6 is 11.8 Å². The topological polar surface area (TPSA) is 116 Å². The lowest BCUT2D eigenvalue weighted by Crippen LogP contribution is -2.07. The minimum atomic E-state index is -0.431. The van der Waals surface area contributed by atoms with Crippen molar-refractivity contribution >= 4 is 29.0 Å². The van der Waals surface area contributed by atoms with Crippen molar-refractivity contribution in [3.05, 3.63) is 64.2 Å². The van der Waals surface area contributed by atoms with E-state index >= 15 is 0 Å². The molecule has 0 saturated heterocycles. The zero-order valence-corrected chi connectivity index (χ0v) is 14.5. The van der Waals surface area contributed by atoms with Crippen molar-refractivity contribution in [2.24, 2.45) is 0 Å². The number of rotatable bonds is 6. The molecule has 1 heterocycles. The first kappa shape index (κ1) is 17.5. The number of tetrazole rings is 1. The summed E-state index contributed by atoms with van der Waals surface area (Å²) < 4.78 is 1.57. The Morgan fingerprint density at radius 3 is 2.73 bits per heavy atom. The van der Waals surface area contributed by atoms with Crippen LogP contribution < -0.4 is 5.32 Å². The molecule has 3 aromatic rings. The van der Waals surface area contributed by atoms with Crippen LogP contribution in [0.1, 0.15) is 12.5 Å². The molecular weight excluding hydrogens is 356 g/mol. The minimum absolute atomic E-state index is 0.0540. The number of anilines is 1. The number of thioether (sulfide) groups is 1. The van der Waals surface area contributed by atoms with E-state index in [2.05, 4.69) is 20.8 Å². The highest BCUT2D eigenvalue weighted by molar-refractivity contribution is 7.98. The maximum atomic E-state index is 11.2. The van der Waals surface area contributed by atoms with Gasteiger partial charge in [-0.2, -0.15) is 4.68 Å². The monoisotopic (exact) mass is 370 g/mol. The molecule has 2 aromatic carbocycles. The van der Waals surface area contributed by atoms with Gasteiger partial charge in [0.25, 0.3) is 5.69 Å². The van der Waals surface area contributed by atoms with E-state index in [9.17, 15) is 14.9 Å². The maximum Gasteiger partial charge on any atom is 0.269 e. The molecule has 0 bridgehead atoms. The van der Waals surface area contributed by atoms with Crippen LogP contribution in [0.4, 0.5) is 11.4 Å². The first-order chi connectivity index (χ1) is 12.5. The second-order valence-corrected chi connectivity index (χ2v) is 6.26. The van der Waals surface area contributed by atoms with E-state index < -0.39 is 4.92 Å². The van der Waals surface area contributed by atoms with E-state index in [1.807, 2.05) is 6.07 Å². The summed E-state index contributed by atoms with van der Waals surface area (Å²) in [7, 11) is 0. The van der Waals surface area contributed by atoms with Crippen LogP contribution in [0, 0.1) is 10.1 Å². The Bertz CT molecular complexity index is 941. The van der Waals surface area contributed by atoms with Crippen molar-refractivity contribution in [2.45, 2.75) is 17.8 Å². The van der Waals surface area contributed by atoms with E-state index in [1.165, 1.54) is 30.8 Å². The molecule has 0 aliphatic carbocycles. The fourth-order valence-corrected chi connectivity index (χ4v) is 3.06. The Kier molecular flexibility index (Phi) is 5.23. The number of benzene rings is 2. The number of hydrogen-bond donors (Lipinski definition) is 1. The zero-order valence-electron chi connectivity index (χ0n) is 13.7. The number of nitro benzene ring substituents is 1. The van der Waals surface area contributed by atoms with E-state index in [-0.39, 0.29) is 11.6 Å². The van der Waals surface area contributed by atoms with Crippen LogP contribution in [-0.4, -0.2) is 31.0 Å². The fraction of sp³-hybridized carbons (Fsp3) is 0.125. The Balaban J connectivity index is 1.74. The van der Waals surface area contributed by atoms with Crippen LogP contribution in [0.15, 0.2) is 53.7 Å². The third-order valence-electron chi connectivity index (χ3n) is 3.37. The summed E-state index contributed by atoms with van der Waals surface area (Å²) in [4.78, 5) is 21.5. The third-order valence-corrected chi connectivity index (χ3v) is 4.36. The lowest BCUT2D eigenvalue weighted by Gasteiger charge is -2.07. The molecule has 0 saturated carbocycles. The van der Waals surface area contributed by atoms with Crippen molar-refractivity contribution in [1.82, 2.24) is 20.2 Å². The Labute approximate surface area is 152 Å². The minimum Gasteiger partial charge on any atom is -0.326 e. The normalized spacial score (nSPS) is 10.5. The zero-order chi connectivity index (χ0) is 18.5. The molecule has 1 amide bonds. The van der Waals surface area contributed by atoms with Gasteiger partial charge in [0.15, 0.2) is 0 Å². The predicted octanol–water partition coefficient (Wildman–Crippen LogP) is 2.82. The first-order valence-electron chi connectivity index (χ1n) is 7.55. The molecule has 26 heavy (non-hydrogen) atoms. The standard InChI is InChI=1S/C16H14N6O3S/c1-11(23)17-13-3-2-4-15(9-13)21-16(18-19-20-21)26-10-12-5-7-14(8-6-12)22(24)25/h2-9H,10H2,1H3,(H,17,23). The van der Waals surface area contributed by atoms with Gasteiger partial charge in [-0.1, -0.05) is 30.0 Å². The smallest absolute Gasteiger partial charge is 0.269 e. The highest BCUT2D eigenvalue weighted by atomic mass is 32.2. The molecule has 1 aromatic heterocycles. The van der Waals surface area contributed by atoms with Gasteiger partial charge >= 0.3 is 0 Å². The number of hydrogen-bond acceptors (Lipinski definition) is 7. The van der Waals surface area contributed by atoms with Gasteiger partial charge < -0.3 is 5.32 Å². The quantitative estimate of drug-likeness (QED) is 0.403. The summed E-state index contributed by atoms with van der Waals surface area (Å²) in [6.07, 6.45) is 0. The Morgan fingerprint density at radius 1 is 1.27 bits per heavy atom. The molecular formula is C16H14N6O3S. The van der Waals surface area contributed by atoms with E-state index in [4.69, 9.17) is 0 Å². The van der Waals surface area contributed by atoms with Crippen LogP contribution in [0.2, 0.25) is 0 Å². The summed E-state index contributed by atoms with van der Waals surface area (Å²) in [5.41, 5.74) is 2.34. The highest BCUT2D eigenvalue weighted by Gasteiger charge is 2.11. The molecule has 0 aliphatic heterocycles. The number of amides is 1. The summed E-state index contributed by atoms with van der Waals surface area (Å²) in [6.45, 7) is 1.44. The molecule has 10 heteroatoms. The average molecular weight is 370 g/mol. The molecule has 0 atom stereocenters. The van der Waals surface area contributed by atoms with Crippen LogP contribution in [0.3, 0.4) is 0 Å². The molecule has 9 nitrogen and oxygen atoms in total. The average Bonchev–Trinajstić information content (AvgIpc) is 3.08. The van der Waals surface area contributed by atoms with Crippen molar-refractivity contribution in [3.8, 4) is 5.69 Å². The number of nitrogens with zero attached hydrogens (tertiary/aromatic N) is 5. The molecule has 0 unspecified atom stereocenters. The van der Waals surface area contributed by atoms with Gasteiger partial charge in [-0.15, -0.1) is 5.10 Å². The SMILES string of the molecule is CC(=O)Nc1cccc(-n2nnnc2SCc2ccc([N+](=O)[O-])cc2)c1. The lowest BCUT2D eigenvalue weighted by atomic mass is 10.2. The van der Waals surface area contributed by atoms with E-state index in [1.54, 1.807) is 35.0 Å². The Hall–Kier alpha value is -3.27. The lowest BCUT2D eigenvalue weighted by molar-refractivity contribution is -0.384. The van der Waals surface area contributed by atoms with Crippen molar-refractivity contribution in [1.29, 1.82) is 0 Å². The third kappa shape index (κ3) is 4.22. The molecule has 132 valence electrons.